The predicted molar refractivity (Wildman–Crippen MR) is 97.9 cm³/mol. The molecule has 0 aromatic heterocycles. The van der Waals surface area contributed by atoms with Gasteiger partial charge in [-0.15, -0.1) is 0 Å². The molecular weight excluding hydrogens is 411 g/mol. The number of benzene rings is 2. The van der Waals surface area contributed by atoms with Crippen molar-refractivity contribution in [3.63, 3.8) is 0 Å². The van der Waals surface area contributed by atoms with Gasteiger partial charge in [-0.05, 0) is 35.9 Å². The first kappa shape index (κ1) is 17.9. The lowest BCUT2D eigenvalue weighted by molar-refractivity contribution is -0.126. The van der Waals surface area contributed by atoms with Gasteiger partial charge >= 0.3 is 0 Å². The number of carbonyl (C=O) groups is 2. The van der Waals surface area contributed by atoms with Gasteiger partial charge in [-0.3, -0.25) is 9.59 Å². The molecule has 1 atom stereocenters. The van der Waals surface area contributed by atoms with E-state index in [0.29, 0.717) is 12.2 Å². The second-order valence-electron chi connectivity index (χ2n) is 5.85. The minimum Gasteiger partial charge on any atom is -0.352 e. The second-order valence-corrected chi connectivity index (χ2v) is 7.17. The van der Waals surface area contributed by atoms with Gasteiger partial charge in [0.2, 0.25) is 11.8 Å². The lowest BCUT2D eigenvalue weighted by Crippen LogP contribution is -2.32. The van der Waals surface area contributed by atoms with Crippen molar-refractivity contribution in [2.45, 2.75) is 13.0 Å². The topological polar surface area (TPSA) is 49.4 Å². The Bertz CT molecular complexity index is 813. The van der Waals surface area contributed by atoms with E-state index in [-0.39, 0.29) is 29.8 Å². The van der Waals surface area contributed by atoms with E-state index in [1.165, 1.54) is 23.1 Å². The Hall–Kier alpha value is -1.92. The first-order valence-corrected chi connectivity index (χ1v) is 8.88. The highest BCUT2D eigenvalue weighted by Crippen LogP contribution is 2.28. The highest BCUT2D eigenvalue weighted by Gasteiger charge is 2.35. The maximum atomic E-state index is 13.3. The van der Waals surface area contributed by atoms with Gasteiger partial charge in [0.1, 0.15) is 5.82 Å². The molecule has 0 saturated carbocycles. The van der Waals surface area contributed by atoms with Crippen LogP contribution in [0.1, 0.15) is 12.0 Å². The van der Waals surface area contributed by atoms with Crippen LogP contribution in [0, 0.1) is 11.7 Å². The Balaban J connectivity index is 1.62. The van der Waals surface area contributed by atoms with Crippen molar-refractivity contribution in [3.8, 4) is 0 Å². The summed E-state index contributed by atoms with van der Waals surface area (Å²) >= 11 is 9.13. The van der Waals surface area contributed by atoms with Gasteiger partial charge in [-0.2, -0.15) is 0 Å². The fourth-order valence-electron chi connectivity index (χ4n) is 2.72. The third kappa shape index (κ3) is 4.19. The van der Waals surface area contributed by atoms with Crippen LogP contribution in [0.25, 0.3) is 0 Å². The summed E-state index contributed by atoms with van der Waals surface area (Å²) in [4.78, 5) is 26.0. The summed E-state index contributed by atoms with van der Waals surface area (Å²) in [5.74, 6) is -1.33. The molecule has 1 fully saturated rings. The molecule has 1 saturated heterocycles. The van der Waals surface area contributed by atoms with Crippen LogP contribution in [0.5, 0.6) is 0 Å². The fraction of sp³-hybridized carbons (Fsp3) is 0.222. The zero-order chi connectivity index (χ0) is 18.0. The Labute approximate surface area is 158 Å². The third-order valence-corrected chi connectivity index (χ3v) is 4.91. The fourth-order valence-corrected chi connectivity index (χ4v) is 3.16. The lowest BCUT2D eigenvalue weighted by atomic mass is 10.1. The van der Waals surface area contributed by atoms with Crippen LogP contribution in [0.4, 0.5) is 10.1 Å². The maximum absolute atomic E-state index is 13.3. The maximum Gasteiger partial charge on any atom is 0.227 e. The van der Waals surface area contributed by atoms with Crippen LogP contribution in [-0.4, -0.2) is 18.4 Å². The van der Waals surface area contributed by atoms with Crippen LogP contribution in [-0.2, 0) is 16.1 Å². The highest BCUT2D eigenvalue weighted by atomic mass is 79.9. The molecular formula is C18H15BrClFN2O2. The van der Waals surface area contributed by atoms with Gasteiger partial charge in [0, 0.05) is 29.7 Å². The zero-order valence-corrected chi connectivity index (χ0v) is 15.5. The largest absolute Gasteiger partial charge is 0.352 e. The zero-order valence-electron chi connectivity index (χ0n) is 13.1. The smallest absolute Gasteiger partial charge is 0.227 e. The van der Waals surface area contributed by atoms with Crippen LogP contribution < -0.4 is 10.2 Å². The van der Waals surface area contributed by atoms with Gasteiger partial charge in [-0.1, -0.05) is 39.7 Å². The normalized spacial score (nSPS) is 17.0. The van der Waals surface area contributed by atoms with Crippen LogP contribution in [0.15, 0.2) is 46.9 Å². The number of anilines is 1. The molecule has 0 unspecified atom stereocenters. The molecule has 7 heteroatoms. The molecule has 4 nitrogen and oxygen atoms in total. The van der Waals surface area contributed by atoms with Crippen molar-refractivity contribution >= 4 is 45.0 Å². The quantitative estimate of drug-likeness (QED) is 0.807. The standard InChI is InChI=1S/C18H15BrClFN2O2/c19-13-3-1-11(2-4-13)9-22-18(25)12-7-17(24)23(10-12)14-5-6-16(21)15(20)8-14/h1-6,8,12H,7,9-10H2,(H,22,25)/t12-/m1/s1. The van der Waals surface area contributed by atoms with Crippen molar-refractivity contribution in [1.29, 1.82) is 0 Å². The number of carbonyl (C=O) groups excluding carboxylic acids is 2. The molecule has 3 rings (SSSR count). The average molecular weight is 426 g/mol. The Morgan fingerprint density at radius 2 is 2.00 bits per heavy atom. The molecule has 1 N–H and O–H groups in total. The molecule has 25 heavy (non-hydrogen) atoms. The van der Waals surface area contributed by atoms with E-state index in [0.717, 1.165) is 10.0 Å². The molecule has 1 heterocycles. The minimum absolute atomic E-state index is 0.0477. The summed E-state index contributed by atoms with van der Waals surface area (Å²) in [6.45, 7) is 0.659. The Morgan fingerprint density at radius 1 is 1.28 bits per heavy atom. The number of rotatable bonds is 4. The summed E-state index contributed by atoms with van der Waals surface area (Å²) in [7, 11) is 0. The highest BCUT2D eigenvalue weighted by molar-refractivity contribution is 9.10. The number of nitrogens with one attached hydrogen (secondary N) is 1. The van der Waals surface area contributed by atoms with Crippen LogP contribution in [0.3, 0.4) is 0 Å². The monoisotopic (exact) mass is 424 g/mol. The van der Waals surface area contributed by atoms with Crippen molar-refractivity contribution in [3.05, 3.63) is 63.3 Å². The van der Waals surface area contributed by atoms with Gasteiger partial charge in [-0.25, -0.2) is 4.39 Å². The van der Waals surface area contributed by atoms with E-state index in [2.05, 4.69) is 21.2 Å². The molecule has 0 radical (unpaired) electrons. The summed E-state index contributed by atoms with van der Waals surface area (Å²) in [6.07, 6.45) is 0.126. The van der Waals surface area contributed by atoms with Gasteiger partial charge in [0.25, 0.3) is 0 Å². The molecule has 2 aromatic carbocycles. The number of amides is 2. The Kier molecular flexibility index (Phi) is 5.39. The van der Waals surface area contributed by atoms with E-state index in [9.17, 15) is 14.0 Å². The van der Waals surface area contributed by atoms with Gasteiger partial charge < -0.3 is 10.2 Å². The molecule has 1 aliphatic rings. The van der Waals surface area contributed by atoms with Crippen molar-refractivity contribution < 1.29 is 14.0 Å². The lowest BCUT2D eigenvalue weighted by Gasteiger charge is -2.17. The molecule has 0 aliphatic carbocycles. The van der Waals surface area contributed by atoms with Crippen molar-refractivity contribution in [2.75, 3.05) is 11.4 Å². The second kappa shape index (κ2) is 7.54. The molecule has 0 spiro atoms. The van der Waals surface area contributed by atoms with Crippen LogP contribution in [0.2, 0.25) is 5.02 Å². The van der Waals surface area contributed by atoms with Crippen LogP contribution >= 0.6 is 27.5 Å². The molecule has 130 valence electrons. The van der Waals surface area contributed by atoms with E-state index >= 15 is 0 Å². The first-order valence-electron chi connectivity index (χ1n) is 7.71. The summed E-state index contributed by atoms with van der Waals surface area (Å²) in [5, 5.41) is 2.81. The van der Waals surface area contributed by atoms with E-state index < -0.39 is 11.7 Å². The minimum atomic E-state index is -0.541. The summed E-state index contributed by atoms with van der Waals surface area (Å²) in [6, 6.07) is 11.7. The molecule has 0 bridgehead atoms. The van der Waals surface area contributed by atoms with E-state index in [1.54, 1.807) is 0 Å². The number of hydrogen-bond donors (Lipinski definition) is 1. The molecule has 2 amide bonds. The Morgan fingerprint density at radius 3 is 2.68 bits per heavy atom. The molecule has 2 aromatic rings. The predicted octanol–water partition coefficient (Wildman–Crippen LogP) is 3.91. The average Bonchev–Trinajstić information content (AvgIpc) is 2.98. The first-order chi connectivity index (χ1) is 11.9. The number of hydrogen-bond acceptors (Lipinski definition) is 2. The third-order valence-electron chi connectivity index (χ3n) is 4.09. The van der Waals surface area contributed by atoms with E-state index in [1.807, 2.05) is 24.3 Å². The molecule has 1 aliphatic heterocycles. The van der Waals surface area contributed by atoms with Gasteiger partial charge in [0.15, 0.2) is 0 Å². The SMILES string of the molecule is O=C(NCc1ccc(Br)cc1)[C@@H]1CC(=O)N(c2ccc(F)c(Cl)c2)C1. The summed E-state index contributed by atoms with van der Waals surface area (Å²) < 4.78 is 14.2. The number of halogens is 3. The van der Waals surface area contributed by atoms with Crippen molar-refractivity contribution in [1.82, 2.24) is 5.32 Å². The van der Waals surface area contributed by atoms with Gasteiger partial charge in [0.05, 0.1) is 10.9 Å². The van der Waals surface area contributed by atoms with E-state index in [4.69, 9.17) is 11.6 Å². The van der Waals surface area contributed by atoms with Crippen molar-refractivity contribution in [2.24, 2.45) is 5.92 Å². The number of nitrogens with zero attached hydrogens (tertiary/aromatic N) is 1. The summed E-state index contributed by atoms with van der Waals surface area (Å²) in [5.41, 5.74) is 1.47.